The number of nitrogens with zero attached hydrogens (tertiary/aromatic N) is 3. The Hall–Kier alpha value is -3.87. The van der Waals surface area contributed by atoms with Crippen molar-refractivity contribution in [2.75, 3.05) is 63.1 Å². The number of rotatable bonds is 10. The van der Waals surface area contributed by atoms with Crippen LogP contribution in [-0.4, -0.2) is 77.7 Å². The third kappa shape index (κ3) is 6.55. The third-order valence-corrected chi connectivity index (χ3v) is 9.69. The van der Waals surface area contributed by atoms with E-state index >= 15 is 0 Å². The van der Waals surface area contributed by atoms with E-state index in [1.165, 1.54) is 24.8 Å². The zero-order valence-corrected chi connectivity index (χ0v) is 24.8. The van der Waals surface area contributed by atoms with Gasteiger partial charge in [0.1, 0.15) is 17.0 Å². The molecule has 0 bridgehead atoms. The first-order valence-electron chi connectivity index (χ1n) is 13.2. The normalized spacial score (nSPS) is 14.2. The third-order valence-electron chi connectivity index (χ3n) is 7.04. The number of piperazine rings is 1. The maximum atomic E-state index is 12.7. The molecule has 216 valence electrons. The lowest BCUT2D eigenvalue weighted by molar-refractivity contribution is 0.0948. The van der Waals surface area contributed by atoms with Crippen molar-refractivity contribution in [2.45, 2.75) is 11.8 Å². The van der Waals surface area contributed by atoms with Crippen molar-refractivity contribution in [1.29, 1.82) is 0 Å². The van der Waals surface area contributed by atoms with E-state index in [0.29, 0.717) is 23.5 Å². The van der Waals surface area contributed by atoms with E-state index in [9.17, 15) is 13.2 Å². The second kappa shape index (κ2) is 12.3. The van der Waals surface area contributed by atoms with Crippen molar-refractivity contribution in [3.8, 4) is 11.5 Å². The van der Waals surface area contributed by atoms with E-state index in [0.717, 1.165) is 53.8 Å². The molecule has 1 saturated heterocycles. The van der Waals surface area contributed by atoms with Crippen LogP contribution in [0.1, 0.15) is 15.9 Å². The van der Waals surface area contributed by atoms with Crippen LogP contribution in [0.2, 0.25) is 0 Å². The fraction of sp³-hybridized carbons (Fsp3) is 0.310. The predicted molar refractivity (Wildman–Crippen MR) is 162 cm³/mol. The topological polar surface area (TPSA) is 113 Å². The van der Waals surface area contributed by atoms with Crippen LogP contribution in [-0.2, 0) is 10.0 Å². The summed E-state index contributed by atoms with van der Waals surface area (Å²) in [5.41, 5.74) is 2.95. The molecule has 0 radical (unpaired) electrons. The van der Waals surface area contributed by atoms with Crippen molar-refractivity contribution >= 4 is 48.3 Å². The molecule has 1 aliphatic heterocycles. The lowest BCUT2D eigenvalue weighted by Crippen LogP contribution is -2.48. The molecule has 0 saturated carbocycles. The number of anilines is 2. The summed E-state index contributed by atoms with van der Waals surface area (Å²) in [6.45, 7) is 6.84. The first-order chi connectivity index (χ1) is 19.8. The quantitative estimate of drug-likeness (QED) is 0.283. The number of fused-ring (bicyclic) bond motifs is 1. The number of ether oxygens (including phenoxy) is 2. The highest BCUT2D eigenvalue weighted by Gasteiger charge is 2.21. The molecular weight excluding hydrogens is 562 g/mol. The average Bonchev–Trinajstić information content (AvgIpc) is 3.44. The molecule has 5 rings (SSSR count). The second-order valence-electron chi connectivity index (χ2n) is 9.70. The van der Waals surface area contributed by atoms with Crippen LogP contribution < -0.4 is 24.4 Å². The number of hydrogen-bond acceptors (Lipinski definition) is 9. The van der Waals surface area contributed by atoms with Gasteiger partial charge in [-0.1, -0.05) is 17.4 Å². The molecule has 41 heavy (non-hydrogen) atoms. The van der Waals surface area contributed by atoms with Gasteiger partial charge in [0.2, 0.25) is 0 Å². The zero-order chi connectivity index (χ0) is 29.0. The lowest BCUT2D eigenvalue weighted by Gasteiger charge is -2.34. The highest BCUT2D eigenvalue weighted by Crippen LogP contribution is 2.36. The smallest absolute Gasteiger partial charge is 0.261 e. The predicted octanol–water partition coefficient (Wildman–Crippen LogP) is 3.97. The Morgan fingerprint density at radius 1 is 0.951 bits per heavy atom. The van der Waals surface area contributed by atoms with Gasteiger partial charge in [0.05, 0.1) is 23.8 Å². The molecule has 2 N–H and O–H groups in total. The molecule has 3 aromatic carbocycles. The van der Waals surface area contributed by atoms with E-state index in [4.69, 9.17) is 14.5 Å². The molecule has 12 heteroatoms. The molecular formula is C29H33N5O5S2. The summed E-state index contributed by atoms with van der Waals surface area (Å²) in [5.74, 6) is 1.17. The summed E-state index contributed by atoms with van der Waals surface area (Å²) in [6.07, 6.45) is 0. The van der Waals surface area contributed by atoms with Crippen molar-refractivity contribution in [2.24, 2.45) is 0 Å². The van der Waals surface area contributed by atoms with Crippen LogP contribution in [0.4, 0.5) is 10.8 Å². The summed E-state index contributed by atoms with van der Waals surface area (Å²) in [4.78, 5) is 22.3. The van der Waals surface area contributed by atoms with E-state index in [2.05, 4.69) is 32.8 Å². The number of thiazole rings is 1. The van der Waals surface area contributed by atoms with Crippen LogP contribution in [0.5, 0.6) is 11.5 Å². The van der Waals surface area contributed by atoms with Crippen molar-refractivity contribution < 1.29 is 22.7 Å². The maximum Gasteiger partial charge on any atom is 0.261 e. The molecule has 1 amide bonds. The highest BCUT2D eigenvalue weighted by atomic mass is 32.2. The van der Waals surface area contributed by atoms with Gasteiger partial charge in [0.25, 0.3) is 15.9 Å². The molecule has 10 nitrogen and oxygen atoms in total. The Kier molecular flexibility index (Phi) is 8.62. The van der Waals surface area contributed by atoms with Crippen molar-refractivity contribution in [3.63, 3.8) is 0 Å². The van der Waals surface area contributed by atoms with Gasteiger partial charge in [-0.15, -0.1) is 0 Å². The average molecular weight is 596 g/mol. The molecule has 0 unspecified atom stereocenters. The lowest BCUT2D eigenvalue weighted by atomic mass is 10.2. The van der Waals surface area contributed by atoms with Gasteiger partial charge in [-0.05, 0) is 67.1 Å². The summed E-state index contributed by atoms with van der Waals surface area (Å²) in [5, 5.41) is 3.97. The molecule has 0 aliphatic carbocycles. The number of carbonyl (C=O) groups excluding carboxylic acids is 1. The molecule has 1 aliphatic rings. The fourth-order valence-corrected chi connectivity index (χ4v) is 6.81. The Bertz CT molecular complexity index is 1610. The van der Waals surface area contributed by atoms with Gasteiger partial charge in [-0.2, -0.15) is 0 Å². The minimum absolute atomic E-state index is 0.122. The summed E-state index contributed by atoms with van der Waals surface area (Å²) < 4.78 is 39.6. The zero-order valence-electron chi connectivity index (χ0n) is 23.2. The van der Waals surface area contributed by atoms with Crippen molar-refractivity contribution in [1.82, 2.24) is 15.2 Å². The minimum atomic E-state index is -3.76. The van der Waals surface area contributed by atoms with E-state index in [1.54, 1.807) is 54.8 Å². The standard InChI is InChI=1S/C29H33N5O5S2/c1-20-4-13-25(39-3)26-27(20)40-29(31-26)34-18-16-33(17-19-34)15-14-30-28(35)21-5-7-22(8-6-21)32-41(36,37)24-11-9-23(38-2)10-12-24/h4-13,32H,14-19H2,1-3H3,(H,30,35). The van der Waals surface area contributed by atoms with Gasteiger partial charge in [-0.25, -0.2) is 13.4 Å². The first kappa shape index (κ1) is 28.7. The molecule has 1 aromatic heterocycles. The number of nitrogens with one attached hydrogen (secondary N) is 2. The monoisotopic (exact) mass is 595 g/mol. The molecule has 2 heterocycles. The fourth-order valence-electron chi connectivity index (χ4n) is 4.65. The number of hydrogen-bond donors (Lipinski definition) is 2. The van der Waals surface area contributed by atoms with Crippen LogP contribution in [0.25, 0.3) is 10.2 Å². The van der Waals surface area contributed by atoms with Crippen LogP contribution in [0.3, 0.4) is 0 Å². The number of benzene rings is 3. The SMILES string of the molecule is COc1ccc(S(=O)(=O)Nc2ccc(C(=O)NCCN3CCN(c4nc5c(OC)ccc(C)c5s4)CC3)cc2)cc1. The van der Waals surface area contributed by atoms with Gasteiger partial charge >= 0.3 is 0 Å². The number of aromatic nitrogens is 1. The molecule has 4 aromatic rings. The minimum Gasteiger partial charge on any atom is -0.497 e. The second-order valence-corrected chi connectivity index (χ2v) is 12.4. The Labute approximate surface area is 243 Å². The Morgan fingerprint density at radius 3 is 2.32 bits per heavy atom. The van der Waals surface area contributed by atoms with Crippen LogP contribution in [0.15, 0.2) is 65.6 Å². The van der Waals surface area contributed by atoms with Crippen LogP contribution >= 0.6 is 11.3 Å². The van der Waals surface area contributed by atoms with Crippen LogP contribution in [0, 0.1) is 6.92 Å². The van der Waals surface area contributed by atoms with Gasteiger partial charge in [-0.3, -0.25) is 14.4 Å². The van der Waals surface area contributed by atoms with Crippen molar-refractivity contribution in [3.05, 3.63) is 71.8 Å². The summed E-state index contributed by atoms with van der Waals surface area (Å²) in [7, 11) is -0.566. The van der Waals surface area contributed by atoms with Gasteiger partial charge in [0.15, 0.2) is 5.13 Å². The largest absolute Gasteiger partial charge is 0.497 e. The number of amides is 1. The van der Waals surface area contributed by atoms with E-state index in [1.807, 2.05) is 6.07 Å². The maximum absolute atomic E-state index is 12.7. The number of carbonyl (C=O) groups is 1. The van der Waals surface area contributed by atoms with E-state index in [-0.39, 0.29) is 10.8 Å². The number of sulfonamides is 1. The number of aryl methyl sites for hydroxylation is 1. The van der Waals surface area contributed by atoms with Gasteiger partial charge in [0, 0.05) is 50.5 Å². The summed E-state index contributed by atoms with van der Waals surface area (Å²) in [6, 6.07) is 16.5. The summed E-state index contributed by atoms with van der Waals surface area (Å²) >= 11 is 1.70. The molecule has 0 spiro atoms. The van der Waals surface area contributed by atoms with Gasteiger partial charge < -0.3 is 19.7 Å². The Morgan fingerprint density at radius 2 is 1.66 bits per heavy atom. The number of methoxy groups -OCH3 is 2. The highest BCUT2D eigenvalue weighted by molar-refractivity contribution is 7.92. The first-order valence-corrected chi connectivity index (χ1v) is 15.5. The Balaban J connectivity index is 1.08. The van der Waals surface area contributed by atoms with E-state index < -0.39 is 10.0 Å². The molecule has 1 fully saturated rings. The molecule has 0 atom stereocenters.